The number of carbonyl (C=O) groups is 1. The van der Waals surface area contributed by atoms with E-state index in [0.29, 0.717) is 10.8 Å². The van der Waals surface area contributed by atoms with Crippen molar-refractivity contribution in [1.82, 2.24) is 9.88 Å². The Hall–Kier alpha value is -3.60. The summed E-state index contributed by atoms with van der Waals surface area (Å²) >= 11 is 0. The zero-order valence-corrected chi connectivity index (χ0v) is 18.0. The molecule has 1 atom stereocenters. The SMILES string of the molecule is COc1ccc(C(NC(=O)Cn2c3ccccc3c(=O)c3ccccc32)C(C)C)cc1. The van der Waals surface area contributed by atoms with Crippen LogP contribution in [0, 0.1) is 5.92 Å². The van der Waals surface area contributed by atoms with E-state index in [2.05, 4.69) is 19.2 Å². The fraction of sp³-hybridized carbons (Fsp3) is 0.231. The summed E-state index contributed by atoms with van der Waals surface area (Å²) in [5.74, 6) is 0.886. The molecule has 0 saturated heterocycles. The summed E-state index contributed by atoms with van der Waals surface area (Å²) in [6.07, 6.45) is 0. The van der Waals surface area contributed by atoms with Crippen molar-refractivity contribution >= 4 is 27.7 Å². The molecule has 1 amide bonds. The van der Waals surface area contributed by atoms with Crippen molar-refractivity contribution in [3.63, 3.8) is 0 Å². The lowest BCUT2D eigenvalue weighted by molar-refractivity contribution is -0.122. The molecule has 4 aromatic rings. The standard InChI is InChI=1S/C26H26N2O3/c1-17(2)25(18-12-14-19(31-3)15-13-18)27-24(29)16-28-22-10-6-4-8-20(22)26(30)21-9-5-7-11-23(21)28/h4-15,17,25H,16H2,1-3H3,(H,27,29). The van der Waals surface area contributed by atoms with Gasteiger partial charge in [0, 0.05) is 10.8 Å². The molecule has 3 aromatic carbocycles. The first-order valence-electron chi connectivity index (χ1n) is 10.4. The molecule has 1 unspecified atom stereocenters. The van der Waals surface area contributed by atoms with Gasteiger partial charge >= 0.3 is 0 Å². The number of para-hydroxylation sites is 2. The van der Waals surface area contributed by atoms with E-state index in [4.69, 9.17) is 4.74 Å². The second kappa shape index (κ2) is 8.64. The van der Waals surface area contributed by atoms with Crippen LogP contribution in [-0.4, -0.2) is 17.6 Å². The number of benzene rings is 3. The summed E-state index contributed by atoms with van der Waals surface area (Å²) in [4.78, 5) is 26.1. The highest BCUT2D eigenvalue weighted by Gasteiger charge is 2.20. The Labute approximate surface area is 181 Å². The van der Waals surface area contributed by atoms with Gasteiger partial charge in [-0.25, -0.2) is 0 Å². The van der Waals surface area contributed by atoms with Crippen LogP contribution >= 0.6 is 0 Å². The maximum absolute atomic E-state index is 13.2. The summed E-state index contributed by atoms with van der Waals surface area (Å²) in [5.41, 5.74) is 2.53. The van der Waals surface area contributed by atoms with Crippen LogP contribution in [0.15, 0.2) is 77.6 Å². The summed E-state index contributed by atoms with van der Waals surface area (Å²) in [6, 6.07) is 22.5. The number of methoxy groups -OCH3 is 1. The van der Waals surface area contributed by atoms with E-state index in [0.717, 1.165) is 22.3 Å². The Kier molecular flexibility index (Phi) is 5.76. The second-order valence-corrected chi connectivity index (χ2v) is 8.01. The predicted molar refractivity (Wildman–Crippen MR) is 124 cm³/mol. The van der Waals surface area contributed by atoms with Gasteiger partial charge in [-0.05, 0) is 47.9 Å². The van der Waals surface area contributed by atoms with Crippen molar-refractivity contribution in [1.29, 1.82) is 0 Å². The highest BCUT2D eigenvalue weighted by molar-refractivity contribution is 5.94. The van der Waals surface area contributed by atoms with Gasteiger partial charge in [0.15, 0.2) is 5.43 Å². The number of nitrogens with zero attached hydrogens (tertiary/aromatic N) is 1. The van der Waals surface area contributed by atoms with Gasteiger partial charge in [0.25, 0.3) is 0 Å². The maximum Gasteiger partial charge on any atom is 0.240 e. The summed E-state index contributed by atoms with van der Waals surface area (Å²) < 4.78 is 7.17. The van der Waals surface area contributed by atoms with Crippen molar-refractivity contribution in [2.24, 2.45) is 5.92 Å². The molecule has 1 heterocycles. The molecule has 0 spiro atoms. The maximum atomic E-state index is 13.2. The molecular formula is C26H26N2O3. The molecule has 0 aliphatic heterocycles. The number of rotatable bonds is 6. The molecule has 1 aromatic heterocycles. The molecule has 0 aliphatic rings. The average molecular weight is 415 g/mol. The number of nitrogens with one attached hydrogen (secondary N) is 1. The van der Waals surface area contributed by atoms with Gasteiger partial charge in [-0.15, -0.1) is 0 Å². The van der Waals surface area contributed by atoms with Gasteiger partial charge in [-0.2, -0.15) is 0 Å². The van der Waals surface area contributed by atoms with Crippen LogP contribution in [-0.2, 0) is 11.3 Å². The molecule has 31 heavy (non-hydrogen) atoms. The van der Waals surface area contributed by atoms with E-state index in [1.54, 1.807) is 7.11 Å². The Balaban J connectivity index is 1.70. The third kappa shape index (κ3) is 4.04. The van der Waals surface area contributed by atoms with Crippen LogP contribution in [0.5, 0.6) is 5.75 Å². The van der Waals surface area contributed by atoms with Gasteiger partial charge in [0.05, 0.1) is 24.2 Å². The minimum atomic E-state index is -0.129. The van der Waals surface area contributed by atoms with Gasteiger partial charge in [0.2, 0.25) is 5.91 Å². The number of hydrogen-bond donors (Lipinski definition) is 1. The predicted octanol–water partition coefficient (Wildman–Crippen LogP) is 4.68. The Morgan fingerprint density at radius 3 is 1.97 bits per heavy atom. The largest absolute Gasteiger partial charge is 0.497 e. The van der Waals surface area contributed by atoms with E-state index >= 15 is 0 Å². The van der Waals surface area contributed by atoms with Gasteiger partial charge in [0.1, 0.15) is 12.3 Å². The number of pyridine rings is 1. The van der Waals surface area contributed by atoms with E-state index in [1.165, 1.54) is 0 Å². The van der Waals surface area contributed by atoms with Gasteiger partial charge in [-0.1, -0.05) is 50.2 Å². The first kappa shape index (κ1) is 20.7. The lowest BCUT2D eigenvalue weighted by atomic mass is 9.96. The fourth-order valence-electron chi connectivity index (χ4n) is 4.06. The lowest BCUT2D eigenvalue weighted by Gasteiger charge is -2.24. The van der Waals surface area contributed by atoms with Crippen LogP contribution < -0.4 is 15.5 Å². The zero-order chi connectivity index (χ0) is 22.0. The van der Waals surface area contributed by atoms with Crippen LogP contribution in [0.3, 0.4) is 0 Å². The van der Waals surface area contributed by atoms with E-state index in [9.17, 15) is 9.59 Å². The number of hydrogen-bond acceptors (Lipinski definition) is 3. The number of fused-ring (bicyclic) bond motifs is 2. The third-order valence-corrected chi connectivity index (χ3v) is 5.64. The smallest absolute Gasteiger partial charge is 0.240 e. The highest BCUT2D eigenvalue weighted by atomic mass is 16.5. The topological polar surface area (TPSA) is 60.3 Å². The Bertz CT molecular complexity index is 1230. The van der Waals surface area contributed by atoms with Gasteiger partial charge < -0.3 is 14.6 Å². The molecule has 0 radical (unpaired) electrons. The molecule has 0 fully saturated rings. The zero-order valence-electron chi connectivity index (χ0n) is 18.0. The van der Waals surface area contributed by atoms with Crippen molar-refractivity contribution < 1.29 is 9.53 Å². The van der Waals surface area contributed by atoms with Crippen LogP contribution in [0.2, 0.25) is 0 Å². The minimum absolute atomic E-state index is 0.0128. The molecule has 0 saturated carbocycles. The van der Waals surface area contributed by atoms with Crippen molar-refractivity contribution in [2.45, 2.75) is 26.4 Å². The van der Waals surface area contributed by atoms with E-state index in [1.807, 2.05) is 77.4 Å². The molecule has 5 heteroatoms. The van der Waals surface area contributed by atoms with Crippen LogP contribution in [0.25, 0.3) is 21.8 Å². The molecular weight excluding hydrogens is 388 g/mol. The first-order valence-corrected chi connectivity index (χ1v) is 10.4. The number of ether oxygens (including phenoxy) is 1. The number of aromatic nitrogens is 1. The molecule has 0 aliphatic carbocycles. The average Bonchev–Trinajstić information content (AvgIpc) is 2.80. The van der Waals surface area contributed by atoms with Crippen molar-refractivity contribution in [3.05, 3.63) is 88.6 Å². The summed E-state index contributed by atoms with van der Waals surface area (Å²) in [6.45, 7) is 4.29. The van der Waals surface area contributed by atoms with E-state index in [-0.39, 0.29) is 29.8 Å². The second-order valence-electron chi connectivity index (χ2n) is 8.01. The molecule has 0 bridgehead atoms. The first-order chi connectivity index (χ1) is 15.0. The third-order valence-electron chi connectivity index (χ3n) is 5.64. The Morgan fingerprint density at radius 2 is 1.45 bits per heavy atom. The molecule has 1 N–H and O–H groups in total. The number of amides is 1. The summed E-state index contributed by atoms with van der Waals surface area (Å²) in [5, 5.41) is 4.41. The van der Waals surface area contributed by atoms with Crippen LogP contribution in [0.4, 0.5) is 0 Å². The normalized spacial score (nSPS) is 12.3. The number of carbonyl (C=O) groups excluding carboxylic acids is 1. The van der Waals surface area contributed by atoms with E-state index < -0.39 is 0 Å². The Morgan fingerprint density at radius 1 is 0.903 bits per heavy atom. The molecule has 4 rings (SSSR count). The molecule has 158 valence electrons. The quantitative estimate of drug-likeness (QED) is 0.466. The molecule has 5 nitrogen and oxygen atoms in total. The summed E-state index contributed by atoms with van der Waals surface area (Å²) in [7, 11) is 1.63. The highest BCUT2D eigenvalue weighted by Crippen LogP contribution is 2.24. The van der Waals surface area contributed by atoms with Crippen molar-refractivity contribution in [2.75, 3.05) is 7.11 Å². The van der Waals surface area contributed by atoms with Gasteiger partial charge in [-0.3, -0.25) is 9.59 Å². The van der Waals surface area contributed by atoms with Crippen LogP contribution in [0.1, 0.15) is 25.5 Å². The fourth-order valence-corrected chi connectivity index (χ4v) is 4.06. The lowest BCUT2D eigenvalue weighted by Crippen LogP contribution is -2.34. The van der Waals surface area contributed by atoms with Crippen molar-refractivity contribution in [3.8, 4) is 5.75 Å². The minimum Gasteiger partial charge on any atom is -0.497 e. The monoisotopic (exact) mass is 414 g/mol.